The molecule has 4 aliphatic heterocycles. The molecule has 0 unspecified atom stereocenters. The molecule has 4 fully saturated rings. The molecular formula is C46H69N18O9S4Zn-. The fourth-order valence-electron chi connectivity index (χ4n) is 9.31. The van der Waals surface area contributed by atoms with Crippen LogP contribution >= 0.6 is 22.7 Å². The molecule has 6 aromatic heterocycles. The van der Waals surface area contributed by atoms with Crippen LogP contribution < -0.4 is 38.7 Å². The zero-order chi connectivity index (χ0) is 55.1. The Hall–Kier alpha value is -5.06. The van der Waals surface area contributed by atoms with Gasteiger partial charge in [-0.2, -0.15) is 8.61 Å². The zero-order valence-electron chi connectivity index (χ0n) is 44.8. The van der Waals surface area contributed by atoms with Crippen LogP contribution in [0.25, 0.3) is 42.9 Å². The average molecular weight is 1210 g/mol. The number of morpholine rings is 2. The summed E-state index contributed by atoms with van der Waals surface area (Å²) in [5, 5.41) is 21.0. The Morgan fingerprint density at radius 3 is 1.36 bits per heavy atom. The molecule has 0 amide bonds. The molecule has 424 valence electrons. The maximum Gasteiger partial charge on any atom is 0.306 e. The van der Waals surface area contributed by atoms with Gasteiger partial charge < -0.3 is 49.0 Å². The summed E-state index contributed by atoms with van der Waals surface area (Å²) in [6, 6.07) is 0. The number of fused-ring (bicyclic) bond motifs is 2. The minimum atomic E-state index is -3.23. The van der Waals surface area contributed by atoms with E-state index in [1.807, 2.05) is 6.92 Å². The average Bonchev–Trinajstić information content (AvgIpc) is 3.92. The van der Waals surface area contributed by atoms with Crippen LogP contribution in [-0.2, 0) is 62.1 Å². The van der Waals surface area contributed by atoms with Crippen molar-refractivity contribution in [2.24, 2.45) is 11.7 Å². The molecular weight excluding hydrogens is 1140 g/mol. The number of nitrogen functional groups attached to an aromatic ring is 3. The second-order valence-corrected chi connectivity index (χ2v) is 24.2. The number of rotatable bonds is 11. The number of pyridine rings is 2. The normalized spacial score (nSPS) is 16.9. The van der Waals surface area contributed by atoms with Crippen LogP contribution in [0.2, 0.25) is 0 Å². The number of sulfonamides is 2. The van der Waals surface area contributed by atoms with Crippen molar-refractivity contribution >= 4 is 97.5 Å². The number of nitrogens with zero attached hydrogens (tertiary/aromatic N) is 13. The largest absolute Gasteiger partial charge is 0.400 e. The molecule has 0 radical (unpaired) electrons. The molecule has 0 aromatic carbocycles. The SMILES string of the molecule is CO.Cc1c(CN2CCN(S(C)(=O)=O)CC2)sc2c(N3CCOCC3)nc(-c3cnc(N)cn3)c(N)c12.Cc1c(CN2CCN(S(C)(=O)=O)CC2)sc2c(N3CCOCC3)nc(-c3cnc(N)cn3)c([N+](=O)[O-])c12.NN.[CH3-].[Zn]. The summed E-state index contributed by atoms with van der Waals surface area (Å²) in [5.41, 5.74) is 22.2. The number of nitro groups is 1. The van der Waals surface area contributed by atoms with Gasteiger partial charge in [0.25, 0.3) is 0 Å². The van der Waals surface area contributed by atoms with Crippen molar-refractivity contribution in [2.75, 3.05) is 152 Å². The van der Waals surface area contributed by atoms with Gasteiger partial charge in [-0.05, 0) is 25.0 Å². The van der Waals surface area contributed by atoms with Crippen LogP contribution in [0.5, 0.6) is 0 Å². The summed E-state index contributed by atoms with van der Waals surface area (Å²) >= 11 is 3.21. The molecule has 6 aromatic rings. The summed E-state index contributed by atoms with van der Waals surface area (Å²) < 4.78 is 63.4. The third kappa shape index (κ3) is 14.5. The number of hydrazine groups is 1. The quantitative estimate of drug-likeness (QED) is 0.0352. The maximum atomic E-state index is 12.4. The first-order chi connectivity index (χ1) is 36.3. The molecule has 10 rings (SSSR count). The first-order valence-corrected chi connectivity index (χ1v) is 29.4. The fourth-order valence-corrected chi connectivity index (χ4v) is 13.7. The molecule has 27 nitrogen and oxygen atoms in total. The van der Waals surface area contributed by atoms with E-state index in [9.17, 15) is 26.9 Å². The first-order valence-electron chi connectivity index (χ1n) is 24.1. The number of ether oxygens (including phenoxy) is 2. The Bertz CT molecular complexity index is 3200. The number of aryl methyl sites for hydroxylation is 2. The number of aliphatic hydroxyl groups excluding tert-OH is 1. The number of aromatic nitrogens is 6. The van der Waals surface area contributed by atoms with Crippen molar-refractivity contribution in [3.8, 4) is 22.8 Å². The first kappa shape index (κ1) is 63.8. The van der Waals surface area contributed by atoms with Gasteiger partial charge in [0.2, 0.25) is 20.0 Å². The fraction of sp³-hybridized carbons (Fsp3) is 0.500. The monoisotopic (exact) mass is 1210 g/mol. The third-order valence-corrected chi connectivity index (χ3v) is 18.4. The van der Waals surface area contributed by atoms with Gasteiger partial charge in [0, 0.05) is 133 Å². The predicted octanol–water partition coefficient (Wildman–Crippen LogP) is 1.48. The summed E-state index contributed by atoms with van der Waals surface area (Å²) in [6.07, 6.45) is 8.38. The molecule has 4 saturated heterocycles. The van der Waals surface area contributed by atoms with Crippen molar-refractivity contribution in [1.82, 2.24) is 48.3 Å². The molecule has 4 aliphatic rings. The molecule has 0 spiro atoms. The van der Waals surface area contributed by atoms with Crippen molar-refractivity contribution < 1.29 is 55.8 Å². The number of hydrogen-bond acceptors (Lipinski definition) is 26. The minimum Gasteiger partial charge on any atom is -0.400 e. The van der Waals surface area contributed by atoms with Gasteiger partial charge in [-0.1, -0.05) is 0 Å². The number of piperazine rings is 2. The van der Waals surface area contributed by atoms with Crippen molar-refractivity contribution in [1.29, 1.82) is 0 Å². The van der Waals surface area contributed by atoms with Gasteiger partial charge in [-0.15, -0.1) is 22.7 Å². The Balaban J connectivity index is 0.000000264. The standard InChI is InChI=1S/C22H28N8O5S2.C22H30N8O3S2.CH4O.CH3.H4N2.Zn/c1-14-16(13-27-3-5-29(6-4-27)37(2,33)34)36-21-18(14)20(30(31)32)19(15-11-25-17(23)12-24-15)26-22(21)28-7-9-35-10-8-28;1-14-16(13-28-3-5-30(6-4-28)35(2,31)32)34-21-18(14)19(24)20(15-11-26-17(23)12-25-15)27-22(21)29-7-9-33-10-8-29;1-2;;1-2;/h11-12H,3-10,13H2,1-2H3,(H2,23,25);11-12H,3-10,13,24H2,1-2H3,(H2,23,26);2H,1H3;1H3;1-2H2;/q;;;-1;;. The number of thiophene rings is 2. The molecule has 11 N–H and O–H groups in total. The molecule has 0 bridgehead atoms. The molecule has 0 saturated carbocycles. The Morgan fingerprint density at radius 2 is 0.987 bits per heavy atom. The van der Waals surface area contributed by atoms with E-state index >= 15 is 0 Å². The molecule has 32 heteroatoms. The third-order valence-electron chi connectivity index (χ3n) is 13.3. The van der Waals surface area contributed by atoms with Crippen LogP contribution in [0.15, 0.2) is 24.8 Å². The van der Waals surface area contributed by atoms with Gasteiger partial charge in [-0.25, -0.2) is 46.7 Å². The van der Waals surface area contributed by atoms with E-state index in [0.717, 1.165) is 63.4 Å². The Morgan fingerprint density at radius 1 is 0.615 bits per heavy atom. The molecule has 78 heavy (non-hydrogen) atoms. The van der Waals surface area contributed by atoms with Gasteiger partial charge in [0.05, 0.1) is 89.1 Å². The van der Waals surface area contributed by atoms with Crippen LogP contribution in [0, 0.1) is 31.4 Å². The predicted molar refractivity (Wildman–Crippen MR) is 303 cm³/mol. The number of anilines is 5. The summed E-state index contributed by atoms with van der Waals surface area (Å²) in [5.74, 6) is 10.1. The molecule has 0 aliphatic carbocycles. The van der Waals surface area contributed by atoms with E-state index in [1.54, 1.807) is 21.8 Å². The van der Waals surface area contributed by atoms with Crippen molar-refractivity contribution in [2.45, 2.75) is 26.9 Å². The summed E-state index contributed by atoms with van der Waals surface area (Å²) in [7, 11) is -5.38. The summed E-state index contributed by atoms with van der Waals surface area (Å²) in [6.45, 7) is 14.8. The van der Waals surface area contributed by atoms with E-state index < -0.39 is 25.0 Å². The van der Waals surface area contributed by atoms with Crippen molar-refractivity contribution in [3.05, 3.63) is 63.2 Å². The Kier molecular flexibility index (Phi) is 22.8. The number of hydrogen-bond donors (Lipinski definition) is 6. The van der Waals surface area contributed by atoms with Gasteiger partial charge in [-0.3, -0.25) is 31.6 Å². The van der Waals surface area contributed by atoms with E-state index in [-0.39, 0.29) is 49.8 Å². The zero-order valence-corrected chi connectivity index (χ0v) is 51.0. The second-order valence-electron chi connectivity index (χ2n) is 18.0. The van der Waals surface area contributed by atoms with E-state index in [1.165, 1.54) is 51.6 Å². The Labute approximate surface area is 475 Å². The van der Waals surface area contributed by atoms with Crippen LogP contribution in [0.4, 0.5) is 34.6 Å². The van der Waals surface area contributed by atoms with Gasteiger partial charge in [0.15, 0.2) is 5.69 Å². The van der Waals surface area contributed by atoms with Crippen LogP contribution in [-0.4, -0.2) is 200 Å². The number of aliphatic hydroxyl groups is 1. The van der Waals surface area contributed by atoms with E-state index in [2.05, 4.69) is 58.1 Å². The number of nitrogens with two attached hydrogens (primary N) is 5. The second kappa shape index (κ2) is 27.9. The maximum absolute atomic E-state index is 12.4. The minimum absolute atomic E-state index is 0. The smallest absolute Gasteiger partial charge is 0.306 e. The summed E-state index contributed by atoms with van der Waals surface area (Å²) in [4.78, 5) is 49.8. The van der Waals surface area contributed by atoms with Crippen LogP contribution in [0.3, 0.4) is 0 Å². The van der Waals surface area contributed by atoms with Gasteiger partial charge in [0.1, 0.15) is 40.4 Å². The molecule has 0 atom stereocenters. The van der Waals surface area contributed by atoms with Crippen LogP contribution in [0.1, 0.15) is 20.9 Å². The van der Waals surface area contributed by atoms with E-state index in [4.69, 9.17) is 41.7 Å². The van der Waals surface area contributed by atoms with Crippen molar-refractivity contribution in [3.63, 3.8) is 0 Å². The van der Waals surface area contributed by atoms with Gasteiger partial charge >= 0.3 is 5.69 Å². The molecule has 10 heterocycles. The topological polar surface area (TPSA) is 377 Å². The van der Waals surface area contributed by atoms with E-state index in [0.29, 0.717) is 133 Å².